The van der Waals surface area contributed by atoms with E-state index >= 15 is 0 Å². The van der Waals surface area contributed by atoms with Crippen molar-refractivity contribution in [2.24, 2.45) is 0 Å². The minimum Gasteiger partial charge on any atom is -0.497 e. The quantitative estimate of drug-likeness (QED) is 0.882. The van der Waals surface area contributed by atoms with Gasteiger partial charge < -0.3 is 20.3 Å². The maximum absolute atomic E-state index is 6.30. The number of anilines is 3. The van der Waals surface area contributed by atoms with Gasteiger partial charge in [-0.2, -0.15) is 0 Å². The molecule has 0 saturated carbocycles. The monoisotopic (exact) mass is 317 g/mol. The van der Waals surface area contributed by atoms with E-state index in [0.717, 1.165) is 42.6 Å². The Hall–Kier alpha value is -2.07. The summed E-state index contributed by atoms with van der Waals surface area (Å²) in [7, 11) is 1.68. The molecule has 2 N–H and O–H groups in total. The number of nitrogen functional groups attached to an aromatic ring is 1. The van der Waals surface area contributed by atoms with Gasteiger partial charge in [-0.05, 0) is 42.5 Å². The van der Waals surface area contributed by atoms with Crippen LogP contribution in [0, 0.1) is 0 Å². The lowest BCUT2D eigenvalue weighted by atomic mass is 10.2. The molecule has 1 aliphatic rings. The predicted molar refractivity (Wildman–Crippen MR) is 93.3 cm³/mol. The molecule has 0 amide bonds. The summed E-state index contributed by atoms with van der Waals surface area (Å²) in [5.74, 6) is 0.885. The van der Waals surface area contributed by atoms with E-state index in [1.54, 1.807) is 7.11 Å². The van der Waals surface area contributed by atoms with Crippen LogP contribution in [-0.2, 0) is 0 Å². The van der Waals surface area contributed by atoms with Gasteiger partial charge in [-0.15, -0.1) is 0 Å². The number of piperazine rings is 1. The summed E-state index contributed by atoms with van der Waals surface area (Å²) in [6.07, 6.45) is 0. The lowest BCUT2D eigenvalue weighted by molar-refractivity contribution is 0.415. The van der Waals surface area contributed by atoms with E-state index in [-0.39, 0.29) is 0 Å². The second-order valence-corrected chi connectivity index (χ2v) is 5.79. The maximum Gasteiger partial charge on any atom is 0.119 e. The zero-order valence-corrected chi connectivity index (χ0v) is 13.4. The Morgan fingerprint density at radius 1 is 0.955 bits per heavy atom. The molecule has 1 heterocycles. The van der Waals surface area contributed by atoms with Crippen molar-refractivity contribution in [3.63, 3.8) is 0 Å². The van der Waals surface area contributed by atoms with Gasteiger partial charge in [0, 0.05) is 37.6 Å². The molecule has 2 aromatic carbocycles. The van der Waals surface area contributed by atoms with Crippen LogP contribution in [0.15, 0.2) is 42.5 Å². The molecule has 0 aromatic heterocycles. The van der Waals surface area contributed by atoms with Crippen molar-refractivity contribution < 1.29 is 4.74 Å². The second kappa shape index (κ2) is 6.36. The van der Waals surface area contributed by atoms with Crippen molar-refractivity contribution in [3.8, 4) is 5.75 Å². The summed E-state index contributed by atoms with van der Waals surface area (Å²) in [5.41, 5.74) is 8.74. The van der Waals surface area contributed by atoms with Gasteiger partial charge in [0.1, 0.15) is 5.75 Å². The summed E-state index contributed by atoms with van der Waals surface area (Å²) >= 11 is 6.30. The van der Waals surface area contributed by atoms with Crippen molar-refractivity contribution in [1.82, 2.24) is 0 Å². The number of nitrogens with zero attached hydrogens (tertiary/aromatic N) is 2. The largest absolute Gasteiger partial charge is 0.497 e. The van der Waals surface area contributed by atoms with Crippen molar-refractivity contribution >= 4 is 28.7 Å². The van der Waals surface area contributed by atoms with Crippen LogP contribution in [-0.4, -0.2) is 33.3 Å². The second-order valence-electron chi connectivity index (χ2n) is 5.38. The van der Waals surface area contributed by atoms with Gasteiger partial charge in [0.25, 0.3) is 0 Å². The first-order valence-electron chi connectivity index (χ1n) is 7.36. The number of benzene rings is 2. The topological polar surface area (TPSA) is 41.7 Å². The zero-order chi connectivity index (χ0) is 15.5. The molecule has 1 fully saturated rings. The van der Waals surface area contributed by atoms with E-state index in [9.17, 15) is 0 Å². The van der Waals surface area contributed by atoms with Crippen molar-refractivity contribution in [1.29, 1.82) is 0 Å². The Morgan fingerprint density at radius 3 is 2.18 bits per heavy atom. The molecule has 3 rings (SSSR count). The molecule has 5 heteroatoms. The fourth-order valence-corrected chi connectivity index (χ4v) is 3.09. The molecule has 0 unspecified atom stereocenters. The fraction of sp³-hybridized carbons (Fsp3) is 0.294. The third-order valence-electron chi connectivity index (χ3n) is 4.03. The van der Waals surface area contributed by atoms with Crippen LogP contribution in [0.3, 0.4) is 0 Å². The molecular formula is C17H20ClN3O. The third-order valence-corrected chi connectivity index (χ3v) is 4.33. The summed E-state index contributed by atoms with van der Waals surface area (Å²) in [6, 6.07) is 13.9. The van der Waals surface area contributed by atoms with Crippen molar-refractivity contribution in [2.45, 2.75) is 0 Å². The van der Waals surface area contributed by atoms with Crippen LogP contribution < -0.4 is 20.3 Å². The van der Waals surface area contributed by atoms with Crippen LogP contribution in [0.2, 0.25) is 5.02 Å². The molecule has 1 aliphatic heterocycles. The Balaban J connectivity index is 1.66. The molecule has 116 valence electrons. The standard InChI is InChI=1S/C17H20ClN3O/c1-22-15-5-3-14(4-6-15)20-8-10-21(11-9-20)17-7-2-13(19)12-16(17)18/h2-7,12H,8-11,19H2,1H3. The number of methoxy groups -OCH3 is 1. The van der Waals surface area contributed by atoms with Gasteiger partial charge >= 0.3 is 0 Å². The van der Waals surface area contributed by atoms with E-state index in [4.69, 9.17) is 22.1 Å². The molecule has 0 aliphatic carbocycles. The fourth-order valence-electron chi connectivity index (χ4n) is 2.78. The number of halogens is 1. The molecule has 2 aromatic rings. The number of ether oxygens (including phenoxy) is 1. The average Bonchev–Trinajstić information content (AvgIpc) is 2.55. The molecule has 4 nitrogen and oxygen atoms in total. The molecule has 22 heavy (non-hydrogen) atoms. The SMILES string of the molecule is COc1ccc(N2CCN(c3ccc(N)cc3Cl)CC2)cc1. The molecule has 0 spiro atoms. The Kier molecular flexibility index (Phi) is 4.29. The summed E-state index contributed by atoms with van der Waals surface area (Å²) in [5, 5.41) is 0.720. The number of hydrogen-bond donors (Lipinski definition) is 1. The van der Waals surface area contributed by atoms with E-state index < -0.39 is 0 Å². The highest BCUT2D eigenvalue weighted by Crippen LogP contribution is 2.29. The average molecular weight is 318 g/mol. The summed E-state index contributed by atoms with van der Waals surface area (Å²) < 4.78 is 5.20. The first-order chi connectivity index (χ1) is 10.7. The van der Waals surface area contributed by atoms with Gasteiger partial charge in [0.05, 0.1) is 17.8 Å². The van der Waals surface area contributed by atoms with Gasteiger partial charge in [0.2, 0.25) is 0 Å². The minimum absolute atomic E-state index is 0.700. The molecule has 0 atom stereocenters. The van der Waals surface area contributed by atoms with E-state index in [0.29, 0.717) is 5.69 Å². The minimum atomic E-state index is 0.700. The number of nitrogens with two attached hydrogens (primary N) is 1. The van der Waals surface area contributed by atoms with E-state index in [1.165, 1.54) is 5.69 Å². The zero-order valence-electron chi connectivity index (χ0n) is 12.6. The van der Waals surface area contributed by atoms with Crippen molar-refractivity contribution in [2.75, 3.05) is 48.8 Å². The number of rotatable bonds is 3. The lowest BCUT2D eigenvalue weighted by Gasteiger charge is -2.37. The summed E-state index contributed by atoms with van der Waals surface area (Å²) in [6.45, 7) is 3.81. The van der Waals surface area contributed by atoms with Gasteiger partial charge in [-0.3, -0.25) is 0 Å². The van der Waals surface area contributed by atoms with Gasteiger partial charge in [-0.25, -0.2) is 0 Å². The lowest BCUT2D eigenvalue weighted by Crippen LogP contribution is -2.46. The highest BCUT2D eigenvalue weighted by Gasteiger charge is 2.19. The maximum atomic E-state index is 6.30. The first-order valence-corrected chi connectivity index (χ1v) is 7.74. The smallest absolute Gasteiger partial charge is 0.119 e. The molecule has 0 radical (unpaired) electrons. The van der Waals surface area contributed by atoms with E-state index in [2.05, 4.69) is 21.9 Å². The predicted octanol–water partition coefficient (Wildman–Crippen LogP) is 3.26. The summed E-state index contributed by atoms with van der Waals surface area (Å²) in [4.78, 5) is 4.68. The van der Waals surface area contributed by atoms with Gasteiger partial charge in [0.15, 0.2) is 0 Å². The Morgan fingerprint density at radius 2 is 1.59 bits per heavy atom. The first kappa shape index (κ1) is 14.9. The Bertz CT molecular complexity index is 637. The third kappa shape index (κ3) is 3.07. The highest BCUT2D eigenvalue weighted by molar-refractivity contribution is 6.33. The molecule has 0 bridgehead atoms. The van der Waals surface area contributed by atoms with Crippen LogP contribution in [0.25, 0.3) is 0 Å². The van der Waals surface area contributed by atoms with Crippen LogP contribution in [0.1, 0.15) is 0 Å². The van der Waals surface area contributed by atoms with Crippen LogP contribution in [0.4, 0.5) is 17.1 Å². The normalized spacial score (nSPS) is 15.0. The van der Waals surface area contributed by atoms with Crippen LogP contribution >= 0.6 is 11.6 Å². The van der Waals surface area contributed by atoms with Crippen LogP contribution in [0.5, 0.6) is 5.75 Å². The van der Waals surface area contributed by atoms with Crippen molar-refractivity contribution in [3.05, 3.63) is 47.5 Å². The molecule has 1 saturated heterocycles. The Labute approximate surface area is 136 Å². The van der Waals surface area contributed by atoms with Gasteiger partial charge in [-0.1, -0.05) is 11.6 Å². The molecular weight excluding hydrogens is 298 g/mol. The number of hydrogen-bond acceptors (Lipinski definition) is 4. The highest BCUT2D eigenvalue weighted by atomic mass is 35.5. The van der Waals surface area contributed by atoms with E-state index in [1.807, 2.05) is 30.3 Å².